The van der Waals surface area contributed by atoms with Gasteiger partial charge in [0.2, 0.25) is 0 Å². The number of rotatable bonds is 14. The van der Waals surface area contributed by atoms with E-state index in [0.717, 1.165) is 63.2 Å². The fraction of sp³-hybridized carbons (Fsp3) is 0.714. The Bertz CT molecular complexity index is 1290. The molecule has 5 nitrogen and oxygen atoms in total. The van der Waals surface area contributed by atoms with Gasteiger partial charge < -0.3 is 23.8 Å². The second-order valence-corrected chi connectivity index (χ2v) is 16.2. The van der Waals surface area contributed by atoms with Crippen molar-refractivity contribution in [2.75, 3.05) is 33.9 Å². The van der Waals surface area contributed by atoms with Crippen molar-refractivity contribution in [3.63, 3.8) is 0 Å². The average molecular weight is 646 g/mol. The maximum absolute atomic E-state index is 6.90. The lowest BCUT2D eigenvalue weighted by molar-refractivity contribution is -0.217. The van der Waals surface area contributed by atoms with Crippen molar-refractivity contribution in [1.29, 1.82) is 0 Å². The molecule has 1 aliphatic heterocycles. The Labute approximate surface area is 286 Å². The molecule has 260 valence electrons. The van der Waals surface area contributed by atoms with E-state index < -0.39 is 0 Å². The monoisotopic (exact) mass is 645 g/mol. The number of benzene rings is 2. The number of hydrogen-bond acceptors (Lipinski definition) is 5. The van der Waals surface area contributed by atoms with Crippen LogP contribution in [0.25, 0.3) is 0 Å². The Morgan fingerprint density at radius 1 is 0.894 bits per heavy atom. The molecule has 3 aliphatic carbocycles. The summed E-state index contributed by atoms with van der Waals surface area (Å²) in [6.45, 7) is 12.6. The van der Waals surface area contributed by atoms with Gasteiger partial charge in [-0.15, -0.1) is 0 Å². The minimum atomic E-state index is -0.0316. The summed E-state index contributed by atoms with van der Waals surface area (Å²) in [5.74, 6) is 3.52. The third kappa shape index (κ3) is 7.43. The predicted octanol–water partition coefficient (Wildman–Crippen LogP) is 9.92. The minimum Gasteiger partial charge on any atom is -0.497 e. The highest BCUT2D eigenvalue weighted by Gasteiger charge is 2.63. The fourth-order valence-corrected chi connectivity index (χ4v) is 10.1. The molecule has 1 heterocycles. The van der Waals surface area contributed by atoms with Crippen molar-refractivity contribution >= 4 is 0 Å². The van der Waals surface area contributed by atoms with Crippen molar-refractivity contribution in [3.05, 3.63) is 59.2 Å². The topological polar surface area (TPSA) is 40.2 Å². The van der Waals surface area contributed by atoms with Crippen molar-refractivity contribution < 1.29 is 18.9 Å². The number of nitrogens with zero attached hydrogens (tertiary/aromatic N) is 1. The molecule has 5 heteroatoms. The van der Waals surface area contributed by atoms with Crippen LogP contribution in [-0.2, 0) is 15.9 Å². The molecule has 2 saturated carbocycles. The lowest BCUT2D eigenvalue weighted by Crippen LogP contribution is -2.53. The number of unbranched alkanes of at least 4 members (excludes halogenated alkanes) is 4. The summed E-state index contributed by atoms with van der Waals surface area (Å²) in [6, 6.07) is 16.8. The Hall–Kier alpha value is -2.08. The molecule has 0 radical (unpaired) electrons. The molecule has 0 N–H and O–H groups in total. The maximum atomic E-state index is 6.90. The Morgan fingerprint density at radius 2 is 1.66 bits per heavy atom. The van der Waals surface area contributed by atoms with Gasteiger partial charge in [0.15, 0.2) is 6.29 Å². The van der Waals surface area contributed by atoms with E-state index in [4.69, 9.17) is 18.9 Å². The first-order valence-corrected chi connectivity index (χ1v) is 19.1. The first-order chi connectivity index (χ1) is 22.7. The van der Waals surface area contributed by atoms with Crippen LogP contribution in [0.2, 0.25) is 0 Å². The van der Waals surface area contributed by atoms with E-state index in [1.807, 2.05) is 0 Å². The molecule has 4 aliphatic rings. The lowest BCUT2D eigenvalue weighted by Gasteiger charge is -2.60. The number of methoxy groups -OCH3 is 1. The molecular formula is C42H63NO4. The third-order valence-corrected chi connectivity index (χ3v) is 13.0. The fourth-order valence-electron chi connectivity index (χ4n) is 10.1. The van der Waals surface area contributed by atoms with Crippen LogP contribution in [-0.4, -0.2) is 57.3 Å². The van der Waals surface area contributed by atoms with Gasteiger partial charge in [0.1, 0.15) is 11.5 Å². The summed E-state index contributed by atoms with van der Waals surface area (Å²) in [6.07, 6.45) is 15.8. The molecule has 3 fully saturated rings. The first-order valence-electron chi connectivity index (χ1n) is 19.1. The Morgan fingerprint density at radius 3 is 2.40 bits per heavy atom. The van der Waals surface area contributed by atoms with Gasteiger partial charge in [-0.2, -0.15) is 0 Å². The molecule has 7 atom stereocenters. The van der Waals surface area contributed by atoms with Gasteiger partial charge >= 0.3 is 0 Å². The quantitative estimate of drug-likeness (QED) is 0.191. The van der Waals surface area contributed by atoms with Crippen LogP contribution in [0, 0.1) is 16.7 Å². The molecule has 0 bridgehead atoms. The van der Waals surface area contributed by atoms with Crippen LogP contribution < -0.4 is 9.47 Å². The molecule has 1 unspecified atom stereocenters. The van der Waals surface area contributed by atoms with E-state index in [1.54, 1.807) is 12.7 Å². The summed E-state index contributed by atoms with van der Waals surface area (Å²) in [4.78, 5) is 2.44. The van der Waals surface area contributed by atoms with E-state index >= 15 is 0 Å². The van der Waals surface area contributed by atoms with Gasteiger partial charge in [0, 0.05) is 12.6 Å². The Kier molecular flexibility index (Phi) is 11.3. The van der Waals surface area contributed by atoms with E-state index in [-0.39, 0.29) is 23.2 Å². The molecule has 6 rings (SSSR count). The van der Waals surface area contributed by atoms with Crippen LogP contribution in [0.15, 0.2) is 42.5 Å². The van der Waals surface area contributed by atoms with Gasteiger partial charge in [-0.05, 0) is 161 Å². The van der Waals surface area contributed by atoms with Gasteiger partial charge in [0.05, 0.1) is 19.8 Å². The summed E-state index contributed by atoms with van der Waals surface area (Å²) >= 11 is 0. The molecule has 1 saturated heterocycles. The predicted molar refractivity (Wildman–Crippen MR) is 192 cm³/mol. The normalized spacial score (nSPS) is 31.8. The summed E-state index contributed by atoms with van der Waals surface area (Å²) in [5.41, 5.74) is 4.81. The molecule has 2 aromatic rings. The standard InChI is InChI=1S/C42H63NO4/c1-30(2)43(5)25-11-8-7-9-12-26-45-33-17-15-31(16-18-33)36-29-42(4)37(21-22-38(42)47-39-14-10-13-27-46-39)41(3)24-23-32-28-34(44-6)19-20-35(32)40(36)41/h15-20,28,30,36-40H,7-14,21-27,29H2,1-6H3/t36-,37+,38+,39?,40+,41+,42+/m1/s1. The summed E-state index contributed by atoms with van der Waals surface area (Å²) in [7, 11) is 4.02. The van der Waals surface area contributed by atoms with Gasteiger partial charge in [0.25, 0.3) is 0 Å². The lowest BCUT2D eigenvalue weighted by atomic mass is 9.44. The average Bonchev–Trinajstić information content (AvgIpc) is 3.41. The SMILES string of the molecule is COc1ccc2c(c1)CC[C@@]1(C)[C@@H]3CC[C@H](OC4CCCCO4)[C@@]3(C)C[C@H](c3ccc(OCCCCCCCN(C)C(C)C)cc3)[C@H]21. The molecule has 0 spiro atoms. The van der Waals surface area contributed by atoms with E-state index in [0.29, 0.717) is 23.8 Å². The Balaban J connectivity index is 1.16. The van der Waals surface area contributed by atoms with Crippen molar-refractivity contribution in [3.8, 4) is 11.5 Å². The number of fused-ring (bicyclic) bond motifs is 5. The van der Waals surface area contributed by atoms with Gasteiger partial charge in [-0.25, -0.2) is 0 Å². The zero-order valence-corrected chi connectivity index (χ0v) is 30.4. The number of aryl methyl sites for hydroxylation is 1. The number of hydrogen-bond donors (Lipinski definition) is 0. The molecule has 2 aromatic carbocycles. The van der Waals surface area contributed by atoms with E-state index in [1.165, 1.54) is 62.6 Å². The highest BCUT2D eigenvalue weighted by molar-refractivity contribution is 5.45. The van der Waals surface area contributed by atoms with Crippen molar-refractivity contribution in [2.45, 2.75) is 141 Å². The van der Waals surface area contributed by atoms with Crippen LogP contribution in [0.5, 0.6) is 11.5 Å². The van der Waals surface area contributed by atoms with Crippen LogP contribution >= 0.6 is 0 Å². The zero-order valence-electron chi connectivity index (χ0n) is 30.4. The first kappa shape index (κ1) is 34.8. The highest BCUT2D eigenvalue weighted by atomic mass is 16.7. The molecule has 0 aromatic heterocycles. The zero-order chi connectivity index (χ0) is 33.0. The van der Waals surface area contributed by atoms with Crippen LogP contribution in [0.1, 0.15) is 133 Å². The minimum absolute atomic E-state index is 0.0316. The molecular weight excluding hydrogens is 582 g/mol. The van der Waals surface area contributed by atoms with E-state index in [9.17, 15) is 0 Å². The van der Waals surface area contributed by atoms with E-state index in [2.05, 4.69) is 82.1 Å². The largest absolute Gasteiger partial charge is 0.497 e. The molecule has 0 amide bonds. The summed E-state index contributed by atoms with van der Waals surface area (Å²) in [5, 5.41) is 0. The van der Waals surface area contributed by atoms with Crippen molar-refractivity contribution in [1.82, 2.24) is 4.90 Å². The second-order valence-electron chi connectivity index (χ2n) is 16.2. The van der Waals surface area contributed by atoms with Gasteiger partial charge in [-0.1, -0.05) is 51.3 Å². The maximum Gasteiger partial charge on any atom is 0.157 e. The van der Waals surface area contributed by atoms with Crippen molar-refractivity contribution in [2.24, 2.45) is 16.7 Å². The van der Waals surface area contributed by atoms with Crippen LogP contribution in [0.4, 0.5) is 0 Å². The highest BCUT2D eigenvalue weighted by Crippen LogP contribution is 2.71. The smallest absolute Gasteiger partial charge is 0.157 e. The van der Waals surface area contributed by atoms with Crippen LogP contribution in [0.3, 0.4) is 0 Å². The third-order valence-electron chi connectivity index (χ3n) is 13.0. The second kappa shape index (κ2) is 15.2. The number of ether oxygens (including phenoxy) is 4. The molecule has 47 heavy (non-hydrogen) atoms. The summed E-state index contributed by atoms with van der Waals surface area (Å²) < 4.78 is 25.0. The van der Waals surface area contributed by atoms with Gasteiger partial charge in [-0.3, -0.25) is 0 Å².